The lowest BCUT2D eigenvalue weighted by Gasteiger charge is -2.12. The lowest BCUT2D eigenvalue weighted by atomic mass is 10.1. The minimum atomic E-state index is -0.227. The maximum absolute atomic E-state index is 12.4. The third kappa shape index (κ3) is 6.91. The highest BCUT2D eigenvalue weighted by molar-refractivity contribution is 5.79. The summed E-state index contributed by atoms with van der Waals surface area (Å²) in [5.74, 6) is 1.61. The molecule has 0 bridgehead atoms. The molecular weight excluding hydrogens is 462 g/mol. The lowest BCUT2D eigenvalue weighted by Crippen LogP contribution is -2.08. The fraction of sp³-hybridized carbons (Fsp3) is 0.355. The zero-order chi connectivity index (χ0) is 26.0. The molecule has 0 saturated heterocycles. The Hall–Kier alpha value is -3.80. The van der Waals surface area contributed by atoms with E-state index >= 15 is 0 Å². The van der Waals surface area contributed by atoms with Crippen LogP contribution in [0, 0.1) is 6.92 Å². The molecule has 4 rings (SSSR count). The minimum absolute atomic E-state index is 0.227. The number of pyridine rings is 1. The van der Waals surface area contributed by atoms with E-state index in [1.165, 1.54) is 24.8 Å². The number of anilines is 1. The molecule has 0 aliphatic heterocycles. The van der Waals surface area contributed by atoms with Crippen molar-refractivity contribution in [3.8, 4) is 22.8 Å². The van der Waals surface area contributed by atoms with E-state index in [9.17, 15) is 4.79 Å². The van der Waals surface area contributed by atoms with Crippen molar-refractivity contribution in [1.29, 1.82) is 0 Å². The highest BCUT2D eigenvalue weighted by Crippen LogP contribution is 2.36. The molecule has 6 heteroatoms. The number of aryl methyl sites for hydroxylation is 1. The lowest BCUT2D eigenvalue weighted by molar-refractivity contribution is -0.134. The fourth-order valence-corrected chi connectivity index (χ4v) is 4.42. The predicted octanol–water partition coefficient (Wildman–Crippen LogP) is 7.59. The molecule has 2 heterocycles. The summed E-state index contributed by atoms with van der Waals surface area (Å²) in [6, 6.07) is 20.0. The van der Waals surface area contributed by atoms with Crippen molar-refractivity contribution in [1.82, 2.24) is 9.38 Å². The monoisotopic (exact) mass is 499 g/mol. The van der Waals surface area contributed by atoms with Gasteiger partial charge >= 0.3 is 5.97 Å². The van der Waals surface area contributed by atoms with E-state index < -0.39 is 0 Å². The van der Waals surface area contributed by atoms with E-state index in [-0.39, 0.29) is 5.97 Å². The van der Waals surface area contributed by atoms with Gasteiger partial charge in [-0.3, -0.25) is 9.20 Å². The van der Waals surface area contributed by atoms with Gasteiger partial charge in [0.1, 0.15) is 17.2 Å². The van der Waals surface area contributed by atoms with Crippen LogP contribution in [-0.4, -0.2) is 22.5 Å². The van der Waals surface area contributed by atoms with Crippen LogP contribution < -0.4 is 14.8 Å². The Kier molecular flexibility index (Phi) is 9.19. The number of unbranched alkanes of at least 4 members (excludes halogenated alkanes) is 5. The number of ether oxygens (including phenoxy) is 2. The average Bonchev–Trinajstić information content (AvgIpc) is 3.27. The number of rotatable bonds is 13. The van der Waals surface area contributed by atoms with Gasteiger partial charge in [-0.1, -0.05) is 69.4 Å². The Morgan fingerprint density at radius 2 is 1.73 bits per heavy atom. The van der Waals surface area contributed by atoms with Crippen molar-refractivity contribution < 1.29 is 14.3 Å². The van der Waals surface area contributed by atoms with Crippen molar-refractivity contribution in [2.45, 2.75) is 65.3 Å². The van der Waals surface area contributed by atoms with Gasteiger partial charge in [-0.2, -0.15) is 0 Å². The third-order valence-electron chi connectivity index (χ3n) is 6.48. The van der Waals surface area contributed by atoms with Crippen LogP contribution in [0.15, 0.2) is 66.9 Å². The molecule has 0 atom stereocenters. The van der Waals surface area contributed by atoms with E-state index in [2.05, 4.69) is 47.8 Å². The van der Waals surface area contributed by atoms with Crippen LogP contribution in [0.4, 0.5) is 5.82 Å². The van der Waals surface area contributed by atoms with E-state index in [1.54, 1.807) is 13.2 Å². The van der Waals surface area contributed by atoms with Crippen LogP contribution in [0.25, 0.3) is 16.9 Å². The van der Waals surface area contributed by atoms with Crippen LogP contribution >= 0.6 is 0 Å². The summed E-state index contributed by atoms with van der Waals surface area (Å²) in [7, 11) is 1.59. The van der Waals surface area contributed by atoms with Crippen LogP contribution in [0.3, 0.4) is 0 Å². The molecule has 2 aromatic heterocycles. The summed E-state index contributed by atoms with van der Waals surface area (Å²) in [4.78, 5) is 17.4. The highest BCUT2D eigenvalue weighted by Gasteiger charge is 2.18. The molecule has 0 saturated carbocycles. The molecule has 0 spiro atoms. The second-order valence-electron chi connectivity index (χ2n) is 9.44. The van der Waals surface area contributed by atoms with Gasteiger partial charge in [0, 0.05) is 24.7 Å². The summed E-state index contributed by atoms with van der Waals surface area (Å²) in [5, 5.41) is 3.57. The van der Waals surface area contributed by atoms with Crippen molar-refractivity contribution in [2.24, 2.45) is 0 Å². The molecule has 1 N–H and O–H groups in total. The molecule has 0 aliphatic rings. The Balaban J connectivity index is 1.53. The second kappa shape index (κ2) is 12.9. The summed E-state index contributed by atoms with van der Waals surface area (Å²) in [6.45, 7) is 4.93. The highest BCUT2D eigenvalue weighted by atomic mass is 16.6. The van der Waals surface area contributed by atoms with E-state index in [4.69, 9.17) is 14.5 Å². The number of methoxy groups -OCH3 is 1. The van der Waals surface area contributed by atoms with Gasteiger partial charge in [0.2, 0.25) is 0 Å². The maximum atomic E-state index is 12.4. The number of benzene rings is 2. The quantitative estimate of drug-likeness (QED) is 0.117. The number of carbonyl (C=O) groups is 1. The van der Waals surface area contributed by atoms with Crippen molar-refractivity contribution in [2.75, 3.05) is 12.4 Å². The maximum Gasteiger partial charge on any atom is 0.311 e. The topological polar surface area (TPSA) is 64.9 Å². The first-order chi connectivity index (χ1) is 18.1. The van der Waals surface area contributed by atoms with Crippen LogP contribution in [0.1, 0.15) is 63.0 Å². The SMILES string of the molecule is CCCCCCCCC(=O)Oc1ccc(-c2nc3cc(C)ccn3c2NCc2ccccc2)cc1OC. The summed E-state index contributed by atoms with van der Waals surface area (Å²) in [6.07, 6.45) is 9.21. The number of imidazole rings is 1. The van der Waals surface area contributed by atoms with Crippen molar-refractivity contribution in [3.05, 3.63) is 78.0 Å². The van der Waals surface area contributed by atoms with Gasteiger partial charge in [0.25, 0.3) is 0 Å². The zero-order valence-electron chi connectivity index (χ0n) is 22.1. The summed E-state index contributed by atoms with van der Waals surface area (Å²) < 4.78 is 13.3. The molecule has 0 radical (unpaired) electrons. The molecule has 0 aliphatic carbocycles. The Bertz CT molecular complexity index is 1310. The number of aromatic nitrogens is 2. The minimum Gasteiger partial charge on any atom is -0.493 e. The van der Waals surface area contributed by atoms with Crippen molar-refractivity contribution >= 4 is 17.4 Å². The number of nitrogens with one attached hydrogen (secondary N) is 1. The van der Waals surface area contributed by atoms with E-state index in [1.807, 2.05) is 36.5 Å². The molecule has 4 aromatic rings. The molecule has 194 valence electrons. The number of esters is 1. The first-order valence-corrected chi connectivity index (χ1v) is 13.2. The van der Waals surface area contributed by atoms with E-state index in [0.29, 0.717) is 24.5 Å². The molecule has 2 aromatic carbocycles. The predicted molar refractivity (Wildman–Crippen MR) is 149 cm³/mol. The Labute approximate surface area is 219 Å². The first-order valence-electron chi connectivity index (χ1n) is 13.2. The normalized spacial score (nSPS) is 11.0. The van der Waals surface area contributed by atoms with Gasteiger partial charge in [-0.15, -0.1) is 0 Å². The van der Waals surface area contributed by atoms with Gasteiger partial charge < -0.3 is 14.8 Å². The van der Waals surface area contributed by atoms with Crippen LogP contribution in [0.5, 0.6) is 11.5 Å². The average molecular weight is 500 g/mol. The number of hydrogen-bond acceptors (Lipinski definition) is 5. The number of nitrogens with zero attached hydrogens (tertiary/aromatic N) is 2. The smallest absolute Gasteiger partial charge is 0.311 e. The second-order valence-corrected chi connectivity index (χ2v) is 9.44. The number of fused-ring (bicyclic) bond motifs is 1. The zero-order valence-corrected chi connectivity index (χ0v) is 22.1. The Morgan fingerprint density at radius 1 is 0.946 bits per heavy atom. The van der Waals surface area contributed by atoms with Crippen LogP contribution in [-0.2, 0) is 11.3 Å². The summed E-state index contributed by atoms with van der Waals surface area (Å²) in [5.41, 5.74) is 4.87. The summed E-state index contributed by atoms with van der Waals surface area (Å²) >= 11 is 0. The molecule has 37 heavy (non-hydrogen) atoms. The fourth-order valence-electron chi connectivity index (χ4n) is 4.42. The largest absolute Gasteiger partial charge is 0.493 e. The van der Waals surface area contributed by atoms with Gasteiger partial charge in [0.15, 0.2) is 11.5 Å². The third-order valence-corrected chi connectivity index (χ3v) is 6.48. The first kappa shape index (κ1) is 26.3. The number of carbonyl (C=O) groups excluding carboxylic acids is 1. The van der Waals surface area contributed by atoms with Crippen LogP contribution in [0.2, 0.25) is 0 Å². The molecular formula is C31H37N3O3. The van der Waals surface area contributed by atoms with E-state index in [0.717, 1.165) is 47.5 Å². The van der Waals surface area contributed by atoms with Gasteiger partial charge in [0.05, 0.1) is 7.11 Å². The molecule has 0 amide bonds. The standard InChI is InChI=1S/C31H37N3O3/c1-4-5-6-7-8-12-15-29(35)37-26-17-16-25(21-27(26)36-3)30-31(32-22-24-13-10-9-11-14-24)34-19-18-23(2)20-28(34)33-30/h9-11,13-14,16-21,32H,4-8,12,15,22H2,1-3H3. The molecule has 6 nitrogen and oxygen atoms in total. The Morgan fingerprint density at radius 3 is 2.51 bits per heavy atom. The van der Waals surface area contributed by atoms with Gasteiger partial charge in [-0.05, 0) is 54.8 Å². The van der Waals surface area contributed by atoms with Gasteiger partial charge in [-0.25, -0.2) is 4.98 Å². The molecule has 0 unspecified atom stereocenters. The van der Waals surface area contributed by atoms with Crippen molar-refractivity contribution in [3.63, 3.8) is 0 Å². The number of hydrogen-bond donors (Lipinski definition) is 1. The molecule has 0 fully saturated rings.